The number of hydrogen-bond donors (Lipinski definition) is 1. The van der Waals surface area contributed by atoms with Crippen molar-refractivity contribution in [3.63, 3.8) is 0 Å². The Bertz CT molecular complexity index is 435. The fourth-order valence-electron chi connectivity index (χ4n) is 1.54. The lowest BCUT2D eigenvalue weighted by molar-refractivity contribution is -0.117. The molecule has 3 nitrogen and oxygen atoms in total. The van der Waals surface area contributed by atoms with Gasteiger partial charge in [0.05, 0.1) is 5.38 Å². The Labute approximate surface area is 105 Å². The molecule has 4 heteroatoms. The maximum atomic E-state index is 11.6. The molecule has 1 aromatic carbocycles. The van der Waals surface area contributed by atoms with Crippen LogP contribution in [0.25, 0.3) is 0 Å². The van der Waals surface area contributed by atoms with Gasteiger partial charge in [-0.1, -0.05) is 0 Å². The number of alkyl halides is 1. The van der Waals surface area contributed by atoms with Crippen molar-refractivity contribution in [3.8, 4) is 0 Å². The van der Waals surface area contributed by atoms with E-state index in [0.29, 0.717) is 5.56 Å². The summed E-state index contributed by atoms with van der Waals surface area (Å²) in [6.45, 7) is 1.65. The number of Topliss-reactive ketones (excluding diaryl/α,β-unsaturated/α-hetero) is 1. The number of carbonyl (C=O) groups excluding carboxylic acids is 2. The highest BCUT2D eigenvalue weighted by Gasteiger charge is 2.29. The Kier molecular flexibility index (Phi) is 3.48. The van der Waals surface area contributed by atoms with Gasteiger partial charge in [-0.3, -0.25) is 9.59 Å². The van der Waals surface area contributed by atoms with Gasteiger partial charge in [-0.2, -0.15) is 0 Å². The summed E-state index contributed by atoms with van der Waals surface area (Å²) in [7, 11) is 0. The van der Waals surface area contributed by atoms with Crippen molar-refractivity contribution in [1.29, 1.82) is 0 Å². The first-order valence-corrected chi connectivity index (χ1v) is 6.11. The minimum absolute atomic E-state index is 0.0646. The number of ketones is 1. The molecule has 1 aliphatic carbocycles. The molecule has 0 spiro atoms. The maximum absolute atomic E-state index is 11.6. The first-order valence-electron chi connectivity index (χ1n) is 5.67. The molecule has 1 N–H and O–H groups in total. The number of benzene rings is 1. The van der Waals surface area contributed by atoms with Gasteiger partial charge >= 0.3 is 0 Å². The molecule has 1 unspecified atom stereocenters. The molecule has 1 atom stereocenters. The molecular weight excluding hydrogens is 238 g/mol. The van der Waals surface area contributed by atoms with Crippen LogP contribution in [0.15, 0.2) is 24.3 Å². The molecule has 0 aliphatic heterocycles. The predicted octanol–water partition coefficient (Wildman–Crippen LogP) is 2.85. The normalized spacial score (nSPS) is 16.4. The fraction of sp³-hybridized carbons (Fsp3) is 0.385. The molecule has 0 heterocycles. The summed E-state index contributed by atoms with van der Waals surface area (Å²) in [5.41, 5.74) is 1.29. The topological polar surface area (TPSA) is 46.2 Å². The molecule has 2 rings (SSSR count). The minimum atomic E-state index is -0.526. The summed E-state index contributed by atoms with van der Waals surface area (Å²) in [6, 6.07) is 6.83. The molecule has 1 aliphatic rings. The smallest absolute Gasteiger partial charge is 0.227 e. The van der Waals surface area contributed by atoms with Gasteiger partial charge in [-0.05, 0) is 44.0 Å². The molecule has 1 fully saturated rings. The average Bonchev–Trinajstić information content (AvgIpc) is 3.12. The van der Waals surface area contributed by atoms with Crippen LogP contribution in [-0.4, -0.2) is 17.1 Å². The molecule has 0 saturated heterocycles. The molecule has 1 saturated carbocycles. The van der Waals surface area contributed by atoms with Gasteiger partial charge in [0.15, 0.2) is 5.78 Å². The second kappa shape index (κ2) is 4.88. The quantitative estimate of drug-likeness (QED) is 0.661. The highest BCUT2D eigenvalue weighted by molar-refractivity contribution is 6.33. The molecule has 1 aromatic rings. The zero-order valence-electron chi connectivity index (χ0n) is 9.57. The van der Waals surface area contributed by atoms with Gasteiger partial charge in [0.1, 0.15) is 0 Å². The lowest BCUT2D eigenvalue weighted by Crippen LogP contribution is -2.14. The standard InChI is InChI=1S/C13H14ClNO2/c1-8(14)12(16)9-4-6-11(7-5-9)15-13(17)10-2-3-10/h4-8,10H,2-3H2,1H3,(H,15,17). The Morgan fingerprint density at radius 1 is 1.29 bits per heavy atom. The van der Waals surface area contributed by atoms with Gasteiger partial charge in [-0.25, -0.2) is 0 Å². The first-order chi connectivity index (χ1) is 8.08. The molecule has 1 amide bonds. The van der Waals surface area contributed by atoms with Crippen molar-refractivity contribution in [2.24, 2.45) is 5.92 Å². The summed E-state index contributed by atoms with van der Waals surface area (Å²) < 4.78 is 0. The van der Waals surface area contributed by atoms with Crippen molar-refractivity contribution in [1.82, 2.24) is 0 Å². The van der Waals surface area contributed by atoms with Crippen LogP contribution in [-0.2, 0) is 4.79 Å². The van der Waals surface area contributed by atoms with Gasteiger partial charge in [-0.15, -0.1) is 11.6 Å². The molecule has 0 radical (unpaired) electrons. The summed E-state index contributed by atoms with van der Waals surface area (Å²) >= 11 is 5.72. The van der Waals surface area contributed by atoms with Crippen LogP contribution in [0.1, 0.15) is 30.1 Å². The second-order valence-electron chi connectivity index (χ2n) is 4.32. The van der Waals surface area contributed by atoms with Gasteiger partial charge in [0, 0.05) is 17.2 Å². The number of halogens is 1. The number of hydrogen-bond acceptors (Lipinski definition) is 2. The summed E-state index contributed by atoms with van der Waals surface area (Å²) in [4.78, 5) is 23.1. The Balaban J connectivity index is 2.02. The number of rotatable bonds is 4. The van der Waals surface area contributed by atoms with E-state index in [1.165, 1.54) is 0 Å². The largest absolute Gasteiger partial charge is 0.326 e. The molecule has 90 valence electrons. The van der Waals surface area contributed by atoms with E-state index in [0.717, 1.165) is 18.5 Å². The molecule has 0 bridgehead atoms. The summed E-state index contributed by atoms with van der Waals surface area (Å²) in [5, 5.41) is 2.29. The van der Waals surface area contributed by atoms with E-state index in [2.05, 4.69) is 5.32 Å². The Morgan fingerprint density at radius 2 is 1.88 bits per heavy atom. The third-order valence-corrected chi connectivity index (χ3v) is 2.94. The van der Waals surface area contributed by atoms with Crippen molar-refractivity contribution in [2.75, 3.05) is 5.32 Å². The van der Waals surface area contributed by atoms with Crippen molar-refractivity contribution in [2.45, 2.75) is 25.1 Å². The highest BCUT2D eigenvalue weighted by Crippen LogP contribution is 2.30. The third kappa shape index (κ3) is 3.07. The van der Waals surface area contributed by atoms with Gasteiger partial charge in [0.25, 0.3) is 0 Å². The summed E-state index contributed by atoms with van der Waals surface area (Å²) in [5.74, 6) is 0.140. The number of anilines is 1. The Morgan fingerprint density at radius 3 is 2.35 bits per heavy atom. The van der Waals surface area contributed by atoms with Crippen LogP contribution in [0.2, 0.25) is 0 Å². The zero-order valence-corrected chi connectivity index (χ0v) is 10.3. The molecule has 0 aromatic heterocycles. The third-order valence-electron chi connectivity index (χ3n) is 2.75. The molecule has 17 heavy (non-hydrogen) atoms. The van der Waals surface area contributed by atoms with Crippen molar-refractivity contribution in [3.05, 3.63) is 29.8 Å². The molecular formula is C13H14ClNO2. The predicted molar refractivity (Wildman–Crippen MR) is 67.4 cm³/mol. The van der Waals surface area contributed by atoms with Crippen molar-refractivity contribution < 1.29 is 9.59 Å². The Hall–Kier alpha value is -1.35. The van der Waals surface area contributed by atoms with E-state index in [4.69, 9.17) is 11.6 Å². The average molecular weight is 252 g/mol. The minimum Gasteiger partial charge on any atom is -0.326 e. The van der Waals surface area contributed by atoms with Crippen LogP contribution in [0.4, 0.5) is 5.69 Å². The number of amides is 1. The van der Waals surface area contributed by atoms with Crippen molar-refractivity contribution >= 4 is 29.0 Å². The van der Waals surface area contributed by atoms with Crippen LogP contribution in [0.5, 0.6) is 0 Å². The number of nitrogens with one attached hydrogen (secondary N) is 1. The maximum Gasteiger partial charge on any atom is 0.227 e. The van der Waals surface area contributed by atoms with E-state index < -0.39 is 5.38 Å². The van der Waals surface area contributed by atoms with Gasteiger partial charge < -0.3 is 5.32 Å². The number of carbonyl (C=O) groups is 2. The lowest BCUT2D eigenvalue weighted by atomic mass is 10.1. The van der Waals surface area contributed by atoms with Crippen LogP contribution < -0.4 is 5.32 Å². The van der Waals surface area contributed by atoms with Gasteiger partial charge in [0.2, 0.25) is 5.91 Å². The van der Waals surface area contributed by atoms with E-state index in [-0.39, 0.29) is 17.6 Å². The van der Waals surface area contributed by atoms with E-state index >= 15 is 0 Å². The zero-order chi connectivity index (χ0) is 12.4. The highest BCUT2D eigenvalue weighted by atomic mass is 35.5. The van der Waals surface area contributed by atoms with Crippen LogP contribution in [0, 0.1) is 5.92 Å². The fourth-order valence-corrected chi connectivity index (χ4v) is 1.66. The first kappa shape index (κ1) is 12.1. The monoisotopic (exact) mass is 251 g/mol. The van der Waals surface area contributed by atoms with Crippen LogP contribution >= 0.6 is 11.6 Å². The van der Waals surface area contributed by atoms with E-state index in [9.17, 15) is 9.59 Å². The van der Waals surface area contributed by atoms with E-state index in [1.807, 2.05) is 0 Å². The summed E-state index contributed by atoms with van der Waals surface area (Å²) in [6.07, 6.45) is 1.96. The van der Waals surface area contributed by atoms with E-state index in [1.54, 1.807) is 31.2 Å². The second-order valence-corrected chi connectivity index (χ2v) is 4.98. The lowest BCUT2D eigenvalue weighted by Gasteiger charge is -2.06. The van der Waals surface area contributed by atoms with Crippen LogP contribution in [0.3, 0.4) is 0 Å². The SMILES string of the molecule is CC(Cl)C(=O)c1ccc(NC(=O)C2CC2)cc1.